The molecule has 0 nitrogen and oxygen atoms in total. The van der Waals surface area contributed by atoms with Crippen LogP contribution < -0.4 is 0 Å². The first-order valence-corrected chi connectivity index (χ1v) is 6.97. The molecule has 1 aliphatic rings. The zero-order valence-corrected chi connectivity index (χ0v) is 11.2. The molecule has 0 bridgehead atoms. The van der Waals surface area contributed by atoms with E-state index in [9.17, 15) is 0 Å². The van der Waals surface area contributed by atoms with E-state index in [1.807, 2.05) is 0 Å². The summed E-state index contributed by atoms with van der Waals surface area (Å²) in [4.78, 5) is 0. The van der Waals surface area contributed by atoms with Gasteiger partial charge in [-0.25, -0.2) is 0 Å². The van der Waals surface area contributed by atoms with Crippen molar-refractivity contribution in [3.8, 4) is 11.1 Å². The van der Waals surface area contributed by atoms with E-state index in [1.165, 1.54) is 29.5 Å². The van der Waals surface area contributed by atoms with Crippen molar-refractivity contribution in [2.45, 2.75) is 33.1 Å². The van der Waals surface area contributed by atoms with E-state index in [4.69, 9.17) is 0 Å². The minimum Gasteiger partial charge on any atom is -0.0619 e. The van der Waals surface area contributed by atoms with Crippen LogP contribution in [-0.4, -0.2) is 0 Å². The molecule has 1 aliphatic carbocycles. The fourth-order valence-electron chi connectivity index (χ4n) is 2.95. The molecular formula is C18H20. The molecule has 1 atom stereocenters. The largest absolute Gasteiger partial charge is 0.0619 e. The Morgan fingerprint density at radius 1 is 0.889 bits per heavy atom. The molecule has 0 aliphatic heterocycles. The quantitative estimate of drug-likeness (QED) is 0.712. The highest BCUT2D eigenvalue weighted by atomic mass is 14.2. The van der Waals surface area contributed by atoms with Crippen molar-refractivity contribution in [1.82, 2.24) is 0 Å². The van der Waals surface area contributed by atoms with Crippen LogP contribution in [0.3, 0.4) is 0 Å². The summed E-state index contributed by atoms with van der Waals surface area (Å²) in [7, 11) is 0. The van der Waals surface area contributed by atoms with Crippen LogP contribution in [0.5, 0.6) is 0 Å². The van der Waals surface area contributed by atoms with Crippen LogP contribution in [0.25, 0.3) is 11.1 Å². The topological polar surface area (TPSA) is 0 Å². The highest BCUT2D eigenvalue weighted by molar-refractivity contribution is 5.65. The van der Waals surface area contributed by atoms with Crippen molar-refractivity contribution >= 4 is 0 Å². The maximum atomic E-state index is 2.39. The smallest absolute Gasteiger partial charge is 0.0181 e. The average Bonchev–Trinajstić information content (AvgIpc) is 2.78. The third-order valence-electron chi connectivity index (χ3n) is 4.04. The Hall–Kier alpha value is -1.56. The summed E-state index contributed by atoms with van der Waals surface area (Å²) in [6, 6.07) is 16.0. The van der Waals surface area contributed by atoms with Gasteiger partial charge in [0.05, 0.1) is 0 Å². The Morgan fingerprint density at radius 3 is 2.28 bits per heavy atom. The first-order valence-electron chi connectivity index (χ1n) is 6.97. The van der Waals surface area contributed by atoms with E-state index in [0.717, 1.165) is 12.3 Å². The van der Waals surface area contributed by atoms with Gasteiger partial charge in [-0.2, -0.15) is 0 Å². The van der Waals surface area contributed by atoms with Crippen LogP contribution in [0.1, 0.15) is 30.5 Å². The van der Waals surface area contributed by atoms with Crippen LogP contribution in [0, 0.1) is 5.92 Å². The van der Waals surface area contributed by atoms with E-state index in [1.54, 1.807) is 11.1 Å². The number of rotatable bonds is 2. The number of aryl methyl sites for hydroxylation is 1. The highest BCUT2D eigenvalue weighted by Gasteiger charge is 2.17. The molecule has 18 heavy (non-hydrogen) atoms. The Morgan fingerprint density at radius 2 is 1.56 bits per heavy atom. The lowest BCUT2D eigenvalue weighted by Gasteiger charge is -2.06. The van der Waals surface area contributed by atoms with Gasteiger partial charge in [-0.15, -0.1) is 0 Å². The second-order valence-electron chi connectivity index (χ2n) is 5.55. The van der Waals surface area contributed by atoms with Crippen molar-refractivity contribution in [3.63, 3.8) is 0 Å². The maximum Gasteiger partial charge on any atom is -0.0181 e. The predicted molar refractivity (Wildman–Crippen MR) is 77.8 cm³/mol. The summed E-state index contributed by atoms with van der Waals surface area (Å²) >= 11 is 0. The molecular weight excluding hydrogens is 216 g/mol. The standard InChI is InChI=1S/C18H20/c1-3-14-4-6-15(7-5-14)17-9-8-16-10-13(2)11-18(16)12-17/h4-9,12-13H,3,10-11H2,1-2H3. The van der Waals surface area contributed by atoms with Gasteiger partial charge in [0.15, 0.2) is 0 Å². The highest BCUT2D eigenvalue weighted by Crippen LogP contribution is 2.30. The van der Waals surface area contributed by atoms with E-state index in [2.05, 4.69) is 56.3 Å². The van der Waals surface area contributed by atoms with Crippen LogP contribution >= 0.6 is 0 Å². The first kappa shape index (κ1) is 11.5. The van der Waals surface area contributed by atoms with Gasteiger partial charge in [-0.1, -0.05) is 56.3 Å². The van der Waals surface area contributed by atoms with Crippen molar-refractivity contribution in [1.29, 1.82) is 0 Å². The molecule has 0 N–H and O–H groups in total. The Balaban J connectivity index is 1.95. The zero-order chi connectivity index (χ0) is 12.5. The second-order valence-corrected chi connectivity index (χ2v) is 5.55. The SMILES string of the molecule is CCc1ccc(-c2ccc3c(c2)CC(C)C3)cc1. The molecule has 0 heterocycles. The zero-order valence-electron chi connectivity index (χ0n) is 11.2. The molecule has 0 amide bonds. The molecule has 0 fully saturated rings. The Bertz CT molecular complexity index is 549. The van der Waals surface area contributed by atoms with Crippen molar-refractivity contribution < 1.29 is 0 Å². The Labute approximate surface area is 110 Å². The third-order valence-corrected chi connectivity index (χ3v) is 4.04. The molecule has 0 aromatic heterocycles. The van der Waals surface area contributed by atoms with Gasteiger partial charge in [0.1, 0.15) is 0 Å². The lowest BCUT2D eigenvalue weighted by atomic mass is 9.99. The minimum absolute atomic E-state index is 0.817. The molecule has 3 rings (SSSR count). The van der Waals surface area contributed by atoms with E-state index < -0.39 is 0 Å². The van der Waals surface area contributed by atoms with E-state index in [0.29, 0.717) is 0 Å². The van der Waals surface area contributed by atoms with Crippen LogP contribution in [0.4, 0.5) is 0 Å². The van der Waals surface area contributed by atoms with Gasteiger partial charge in [0.2, 0.25) is 0 Å². The number of hydrogen-bond donors (Lipinski definition) is 0. The lowest BCUT2D eigenvalue weighted by Crippen LogP contribution is -1.89. The van der Waals surface area contributed by atoms with Crippen molar-refractivity contribution in [3.05, 3.63) is 59.2 Å². The Kier molecular flexibility index (Phi) is 2.95. The molecule has 2 aromatic rings. The minimum atomic E-state index is 0.817. The van der Waals surface area contributed by atoms with Gasteiger partial charge in [0, 0.05) is 0 Å². The molecule has 0 spiro atoms. The summed E-state index contributed by atoms with van der Waals surface area (Å²) in [5, 5.41) is 0. The first-order chi connectivity index (χ1) is 8.76. The summed E-state index contributed by atoms with van der Waals surface area (Å²) in [5.74, 6) is 0.817. The normalized spacial score (nSPS) is 17.8. The summed E-state index contributed by atoms with van der Waals surface area (Å²) in [6.07, 6.45) is 3.61. The third kappa shape index (κ3) is 2.08. The summed E-state index contributed by atoms with van der Waals surface area (Å²) in [6.45, 7) is 4.54. The predicted octanol–water partition coefficient (Wildman–Crippen LogP) is 4.65. The van der Waals surface area contributed by atoms with Gasteiger partial charge >= 0.3 is 0 Å². The van der Waals surface area contributed by atoms with E-state index >= 15 is 0 Å². The average molecular weight is 236 g/mol. The van der Waals surface area contributed by atoms with Crippen molar-refractivity contribution in [2.75, 3.05) is 0 Å². The molecule has 92 valence electrons. The molecule has 0 heteroatoms. The number of benzene rings is 2. The number of fused-ring (bicyclic) bond motifs is 1. The monoisotopic (exact) mass is 236 g/mol. The van der Waals surface area contributed by atoms with Gasteiger partial charge in [-0.3, -0.25) is 0 Å². The maximum absolute atomic E-state index is 2.39. The second kappa shape index (κ2) is 4.61. The fourth-order valence-corrected chi connectivity index (χ4v) is 2.95. The van der Waals surface area contributed by atoms with Gasteiger partial charge in [-0.05, 0) is 53.0 Å². The van der Waals surface area contributed by atoms with E-state index in [-0.39, 0.29) is 0 Å². The molecule has 1 unspecified atom stereocenters. The van der Waals surface area contributed by atoms with Crippen molar-refractivity contribution in [2.24, 2.45) is 5.92 Å². The van der Waals surface area contributed by atoms with Gasteiger partial charge < -0.3 is 0 Å². The van der Waals surface area contributed by atoms with Crippen LogP contribution in [0.15, 0.2) is 42.5 Å². The summed E-state index contributed by atoms with van der Waals surface area (Å²) in [5.41, 5.74) is 7.23. The van der Waals surface area contributed by atoms with Gasteiger partial charge in [0.25, 0.3) is 0 Å². The molecule has 0 saturated carbocycles. The fraction of sp³-hybridized carbons (Fsp3) is 0.333. The summed E-state index contributed by atoms with van der Waals surface area (Å²) < 4.78 is 0. The van der Waals surface area contributed by atoms with Crippen LogP contribution in [-0.2, 0) is 19.3 Å². The molecule has 2 aromatic carbocycles. The lowest BCUT2D eigenvalue weighted by molar-refractivity contribution is 0.628. The number of hydrogen-bond acceptors (Lipinski definition) is 0. The van der Waals surface area contributed by atoms with Crippen LogP contribution in [0.2, 0.25) is 0 Å². The molecule has 0 saturated heterocycles. The molecule has 0 radical (unpaired) electrons.